The Bertz CT molecular complexity index is 831. The maximum Gasteiger partial charge on any atom is 0.407 e. The zero-order chi connectivity index (χ0) is 23.7. The Balaban J connectivity index is 1.98. The average molecular weight is 464 g/mol. The van der Waals surface area contributed by atoms with Crippen LogP contribution in [-0.4, -0.2) is 47.0 Å². The van der Waals surface area contributed by atoms with E-state index < -0.39 is 23.8 Å². The number of aryl methyl sites for hydroxylation is 1. The minimum absolute atomic E-state index is 0.382. The van der Waals surface area contributed by atoms with Crippen molar-refractivity contribution in [1.29, 1.82) is 0 Å². The number of amides is 1. The van der Waals surface area contributed by atoms with E-state index in [1.807, 2.05) is 57.3 Å². The summed E-state index contributed by atoms with van der Waals surface area (Å²) in [5.74, 6) is 1.22. The van der Waals surface area contributed by atoms with E-state index in [9.17, 15) is 9.90 Å². The van der Waals surface area contributed by atoms with Gasteiger partial charge in [0.05, 0.1) is 22.8 Å². The minimum Gasteiger partial charge on any atom is -0.487 e. The molecule has 8 heteroatoms. The number of carbonyl (C=O) groups excluding carboxylic acids is 1. The normalized spacial score (nSPS) is 13.6. The van der Waals surface area contributed by atoms with Crippen LogP contribution in [0.25, 0.3) is 0 Å². The van der Waals surface area contributed by atoms with E-state index in [2.05, 4.69) is 29.5 Å². The number of nitrogens with one attached hydrogen (secondary N) is 2. The SMILES string of the molecule is Cc1nc(COc2ccc(C[C@H](NC(=O)OC(C)(C)C)C(O)CNCC(C)C)cc2)cs1. The molecule has 178 valence electrons. The highest BCUT2D eigenvalue weighted by molar-refractivity contribution is 7.09. The molecule has 2 rings (SSSR count). The van der Waals surface area contributed by atoms with Crippen molar-refractivity contribution in [1.82, 2.24) is 15.6 Å². The van der Waals surface area contributed by atoms with Gasteiger partial charge in [-0.15, -0.1) is 11.3 Å². The number of nitrogens with zero attached hydrogens (tertiary/aromatic N) is 1. The molecule has 32 heavy (non-hydrogen) atoms. The van der Waals surface area contributed by atoms with Crippen LogP contribution >= 0.6 is 11.3 Å². The smallest absolute Gasteiger partial charge is 0.407 e. The summed E-state index contributed by atoms with van der Waals surface area (Å²) in [6, 6.07) is 7.18. The molecule has 7 nitrogen and oxygen atoms in total. The third-order valence-electron chi connectivity index (χ3n) is 4.50. The van der Waals surface area contributed by atoms with Gasteiger partial charge in [-0.3, -0.25) is 0 Å². The number of carbonyl (C=O) groups is 1. The quantitative estimate of drug-likeness (QED) is 0.465. The molecule has 0 aliphatic carbocycles. The van der Waals surface area contributed by atoms with Crippen LogP contribution in [0.2, 0.25) is 0 Å². The second-order valence-corrected chi connectivity index (χ2v) is 10.4. The lowest BCUT2D eigenvalue weighted by Crippen LogP contribution is -2.50. The molecule has 0 spiro atoms. The minimum atomic E-state index is -0.759. The van der Waals surface area contributed by atoms with E-state index in [1.165, 1.54) is 0 Å². The Hall–Kier alpha value is -2.16. The first-order valence-corrected chi connectivity index (χ1v) is 11.9. The van der Waals surface area contributed by atoms with Gasteiger partial charge in [-0.2, -0.15) is 0 Å². The maximum atomic E-state index is 12.3. The predicted molar refractivity (Wildman–Crippen MR) is 128 cm³/mol. The molecule has 3 N–H and O–H groups in total. The molecule has 2 atom stereocenters. The molecule has 1 aromatic carbocycles. The largest absolute Gasteiger partial charge is 0.487 e. The summed E-state index contributed by atoms with van der Waals surface area (Å²) in [5.41, 5.74) is 1.28. The van der Waals surface area contributed by atoms with Gasteiger partial charge < -0.3 is 25.2 Å². The van der Waals surface area contributed by atoms with Gasteiger partial charge in [0.15, 0.2) is 0 Å². The van der Waals surface area contributed by atoms with Crippen molar-refractivity contribution in [2.75, 3.05) is 13.1 Å². The van der Waals surface area contributed by atoms with E-state index in [1.54, 1.807) is 11.3 Å². The van der Waals surface area contributed by atoms with Crippen molar-refractivity contribution in [3.05, 3.63) is 45.9 Å². The number of aromatic nitrogens is 1. The van der Waals surface area contributed by atoms with E-state index in [0.29, 0.717) is 25.5 Å². The standard InChI is InChI=1S/C24H37N3O4S/c1-16(2)12-25-13-22(28)21(27-23(29)31-24(4,5)6)11-18-7-9-20(10-8-18)30-14-19-15-32-17(3)26-19/h7-10,15-16,21-22,25,28H,11-14H2,1-6H3,(H,27,29)/t21-,22?/m0/s1. The Morgan fingerprint density at radius 2 is 1.88 bits per heavy atom. The van der Waals surface area contributed by atoms with Crippen LogP contribution in [0.4, 0.5) is 4.79 Å². The van der Waals surface area contributed by atoms with Crippen molar-refractivity contribution in [2.45, 2.75) is 72.3 Å². The number of aliphatic hydroxyl groups excluding tert-OH is 1. The first-order chi connectivity index (χ1) is 15.0. The van der Waals surface area contributed by atoms with Crippen molar-refractivity contribution in [3.63, 3.8) is 0 Å². The summed E-state index contributed by atoms with van der Waals surface area (Å²) >= 11 is 1.60. The Labute approximate surface area is 195 Å². The van der Waals surface area contributed by atoms with Crippen LogP contribution in [0, 0.1) is 12.8 Å². The zero-order valence-electron chi connectivity index (χ0n) is 20.0. The highest BCUT2D eigenvalue weighted by Crippen LogP contribution is 2.17. The van der Waals surface area contributed by atoms with Crippen molar-refractivity contribution < 1.29 is 19.4 Å². The molecule has 2 aromatic rings. The fraction of sp³-hybridized carbons (Fsp3) is 0.583. The van der Waals surface area contributed by atoms with E-state index in [4.69, 9.17) is 9.47 Å². The molecule has 1 amide bonds. The Kier molecular flexibility index (Phi) is 9.93. The van der Waals surface area contributed by atoms with Crippen molar-refractivity contribution in [3.8, 4) is 5.75 Å². The molecule has 0 saturated heterocycles. The maximum absolute atomic E-state index is 12.3. The lowest BCUT2D eigenvalue weighted by Gasteiger charge is -2.27. The molecule has 1 heterocycles. The number of ether oxygens (including phenoxy) is 2. The van der Waals surface area contributed by atoms with Crippen LogP contribution in [-0.2, 0) is 17.8 Å². The van der Waals surface area contributed by atoms with Crippen LogP contribution in [0.5, 0.6) is 5.75 Å². The monoisotopic (exact) mass is 463 g/mol. The van der Waals surface area contributed by atoms with Crippen molar-refractivity contribution in [2.24, 2.45) is 5.92 Å². The highest BCUT2D eigenvalue weighted by Gasteiger charge is 2.25. The number of thiazole rings is 1. The Morgan fingerprint density at radius 3 is 2.44 bits per heavy atom. The fourth-order valence-corrected chi connectivity index (χ4v) is 3.61. The number of alkyl carbamates (subject to hydrolysis) is 1. The molecule has 0 radical (unpaired) electrons. The van der Waals surface area contributed by atoms with Crippen LogP contribution in [0.15, 0.2) is 29.6 Å². The molecule has 0 aliphatic heterocycles. The lowest BCUT2D eigenvalue weighted by molar-refractivity contribution is 0.0422. The average Bonchev–Trinajstić information content (AvgIpc) is 3.10. The number of aliphatic hydroxyl groups is 1. The topological polar surface area (TPSA) is 92.7 Å². The zero-order valence-corrected chi connectivity index (χ0v) is 20.8. The number of rotatable bonds is 11. The molecule has 1 aromatic heterocycles. The lowest BCUT2D eigenvalue weighted by atomic mass is 10.0. The second-order valence-electron chi connectivity index (χ2n) is 9.37. The summed E-state index contributed by atoms with van der Waals surface area (Å²) in [4.78, 5) is 16.7. The number of hydrogen-bond acceptors (Lipinski definition) is 7. The third-order valence-corrected chi connectivity index (χ3v) is 5.33. The molecule has 0 saturated carbocycles. The predicted octanol–water partition coefficient (Wildman–Crippen LogP) is 4.07. The first kappa shape index (κ1) is 26.1. The van der Waals surface area contributed by atoms with E-state index in [-0.39, 0.29) is 0 Å². The van der Waals surface area contributed by atoms with Crippen LogP contribution in [0.1, 0.15) is 50.9 Å². The summed E-state index contributed by atoms with van der Waals surface area (Å²) in [5, 5.41) is 19.8. The summed E-state index contributed by atoms with van der Waals surface area (Å²) in [6.45, 7) is 13.2. The number of hydrogen-bond donors (Lipinski definition) is 3. The van der Waals surface area contributed by atoms with Gasteiger partial charge >= 0.3 is 6.09 Å². The van der Waals surface area contributed by atoms with Gasteiger partial charge in [0, 0.05) is 11.9 Å². The van der Waals surface area contributed by atoms with Gasteiger partial charge in [0.2, 0.25) is 0 Å². The highest BCUT2D eigenvalue weighted by atomic mass is 32.1. The molecule has 0 bridgehead atoms. The third kappa shape index (κ3) is 9.97. The van der Waals surface area contributed by atoms with E-state index >= 15 is 0 Å². The number of benzene rings is 1. The van der Waals surface area contributed by atoms with E-state index in [0.717, 1.165) is 28.6 Å². The van der Waals surface area contributed by atoms with Gasteiger partial charge in [0.1, 0.15) is 18.0 Å². The molecular formula is C24H37N3O4S. The van der Waals surface area contributed by atoms with Crippen molar-refractivity contribution >= 4 is 17.4 Å². The summed E-state index contributed by atoms with van der Waals surface area (Å²) in [6.07, 6.45) is -0.830. The van der Waals surface area contributed by atoms with Crippen LogP contribution in [0.3, 0.4) is 0 Å². The second kappa shape index (κ2) is 12.2. The van der Waals surface area contributed by atoms with Gasteiger partial charge in [-0.25, -0.2) is 9.78 Å². The fourth-order valence-electron chi connectivity index (χ4n) is 3.01. The Morgan fingerprint density at radius 1 is 1.19 bits per heavy atom. The summed E-state index contributed by atoms with van der Waals surface area (Å²) in [7, 11) is 0. The van der Waals surface area contributed by atoms with Gasteiger partial charge in [0.25, 0.3) is 0 Å². The first-order valence-electron chi connectivity index (χ1n) is 11.0. The molecule has 0 fully saturated rings. The van der Waals surface area contributed by atoms with Gasteiger partial charge in [-0.05, 0) is 64.3 Å². The molecular weight excluding hydrogens is 426 g/mol. The summed E-state index contributed by atoms with van der Waals surface area (Å²) < 4.78 is 11.2. The molecule has 1 unspecified atom stereocenters. The van der Waals surface area contributed by atoms with Gasteiger partial charge in [-0.1, -0.05) is 26.0 Å². The molecule has 0 aliphatic rings. The van der Waals surface area contributed by atoms with Crippen LogP contribution < -0.4 is 15.4 Å².